The van der Waals surface area contributed by atoms with Crippen LogP contribution in [0.3, 0.4) is 0 Å². The lowest BCUT2D eigenvalue weighted by Crippen LogP contribution is -2.33. The summed E-state index contributed by atoms with van der Waals surface area (Å²) in [5, 5.41) is 2.99. The van der Waals surface area contributed by atoms with Crippen LogP contribution in [0.4, 0.5) is 5.69 Å². The van der Waals surface area contributed by atoms with Crippen molar-refractivity contribution in [3.05, 3.63) is 130 Å². The third-order valence-electron chi connectivity index (χ3n) is 6.66. The van der Waals surface area contributed by atoms with Crippen LogP contribution < -0.4 is 15.0 Å². The number of amides is 2. The first kappa shape index (κ1) is 27.3. The second-order valence-electron chi connectivity index (χ2n) is 9.66. The van der Waals surface area contributed by atoms with Crippen LogP contribution in [-0.4, -0.2) is 25.0 Å². The quantitative estimate of drug-likeness (QED) is 0.228. The number of benzene rings is 4. The fourth-order valence-electron chi connectivity index (χ4n) is 4.64. The van der Waals surface area contributed by atoms with Gasteiger partial charge in [-0.05, 0) is 79.4 Å². The number of rotatable bonds is 9. The van der Waals surface area contributed by atoms with Crippen LogP contribution in [0.25, 0.3) is 6.08 Å². The molecule has 0 spiro atoms. The SMILES string of the molecule is CCOc1ccc(CCNC(=O)c2ccc(C=C3Sc4ccccc4N(Cc4cccc(C)c4)C3=O)cc2)cc1. The maximum absolute atomic E-state index is 13.6. The van der Waals surface area contributed by atoms with Gasteiger partial charge in [-0.3, -0.25) is 9.59 Å². The minimum Gasteiger partial charge on any atom is -0.494 e. The first-order valence-corrected chi connectivity index (χ1v) is 14.3. The summed E-state index contributed by atoms with van der Waals surface area (Å²) < 4.78 is 5.48. The molecule has 2 amide bonds. The Morgan fingerprint density at radius 2 is 1.70 bits per heavy atom. The largest absolute Gasteiger partial charge is 0.494 e. The first-order valence-electron chi connectivity index (χ1n) is 13.5. The van der Waals surface area contributed by atoms with Crippen LogP contribution >= 0.6 is 11.8 Å². The first-order chi connectivity index (χ1) is 19.5. The molecule has 0 saturated carbocycles. The zero-order valence-corrected chi connectivity index (χ0v) is 23.5. The van der Waals surface area contributed by atoms with Gasteiger partial charge in [-0.1, -0.05) is 78.0 Å². The minimum atomic E-state index is -0.119. The number of thioether (sulfide) groups is 1. The molecule has 0 saturated heterocycles. The lowest BCUT2D eigenvalue weighted by Gasteiger charge is -2.30. The summed E-state index contributed by atoms with van der Waals surface area (Å²) >= 11 is 1.48. The number of fused-ring (bicyclic) bond motifs is 1. The van der Waals surface area contributed by atoms with E-state index in [1.165, 1.54) is 17.3 Å². The van der Waals surface area contributed by atoms with E-state index in [1.807, 2.05) is 84.6 Å². The monoisotopic (exact) mass is 548 g/mol. The second-order valence-corrected chi connectivity index (χ2v) is 10.7. The average Bonchev–Trinajstić information content (AvgIpc) is 2.97. The van der Waals surface area contributed by atoms with Gasteiger partial charge in [0, 0.05) is 17.0 Å². The summed E-state index contributed by atoms with van der Waals surface area (Å²) in [7, 11) is 0. The fourth-order valence-corrected chi connectivity index (χ4v) is 5.69. The Bertz CT molecular complexity index is 1530. The van der Waals surface area contributed by atoms with Gasteiger partial charge in [0.2, 0.25) is 0 Å². The molecule has 40 heavy (non-hydrogen) atoms. The molecular formula is C34H32N2O3S. The van der Waals surface area contributed by atoms with Crippen LogP contribution in [0.1, 0.15) is 39.5 Å². The second kappa shape index (κ2) is 12.7. The molecule has 1 aliphatic heterocycles. The van der Waals surface area contributed by atoms with Gasteiger partial charge in [-0.15, -0.1) is 0 Å². The smallest absolute Gasteiger partial charge is 0.265 e. The van der Waals surface area contributed by atoms with Gasteiger partial charge < -0.3 is 15.0 Å². The van der Waals surface area contributed by atoms with Crippen molar-refractivity contribution in [3.63, 3.8) is 0 Å². The molecular weight excluding hydrogens is 516 g/mol. The highest BCUT2D eigenvalue weighted by atomic mass is 32.2. The minimum absolute atomic E-state index is 0.0266. The van der Waals surface area contributed by atoms with E-state index in [-0.39, 0.29) is 11.8 Å². The maximum Gasteiger partial charge on any atom is 0.265 e. The number of carbonyl (C=O) groups is 2. The normalized spacial score (nSPS) is 13.7. The van der Waals surface area contributed by atoms with Crippen molar-refractivity contribution in [2.75, 3.05) is 18.1 Å². The molecule has 0 unspecified atom stereocenters. The number of hydrogen-bond donors (Lipinski definition) is 1. The lowest BCUT2D eigenvalue weighted by molar-refractivity contribution is -0.114. The summed E-state index contributed by atoms with van der Waals surface area (Å²) in [6.07, 6.45) is 2.64. The number of aryl methyl sites for hydroxylation is 1. The summed E-state index contributed by atoms with van der Waals surface area (Å²) in [6, 6.07) is 31.5. The third-order valence-corrected chi connectivity index (χ3v) is 7.74. The summed E-state index contributed by atoms with van der Waals surface area (Å²) in [5.41, 5.74) is 5.78. The predicted octanol–water partition coefficient (Wildman–Crippen LogP) is 7.05. The van der Waals surface area contributed by atoms with Gasteiger partial charge in [0.15, 0.2) is 0 Å². The van der Waals surface area contributed by atoms with Gasteiger partial charge >= 0.3 is 0 Å². The van der Waals surface area contributed by atoms with Crippen molar-refractivity contribution < 1.29 is 14.3 Å². The molecule has 4 aromatic carbocycles. The number of carbonyl (C=O) groups excluding carboxylic acids is 2. The van der Waals surface area contributed by atoms with E-state index in [2.05, 4.69) is 30.4 Å². The summed E-state index contributed by atoms with van der Waals surface area (Å²) in [6.45, 7) is 5.70. The zero-order chi connectivity index (χ0) is 27.9. The zero-order valence-electron chi connectivity index (χ0n) is 22.7. The molecule has 0 atom stereocenters. The number of para-hydroxylation sites is 1. The van der Waals surface area contributed by atoms with E-state index in [1.54, 1.807) is 12.1 Å². The average molecular weight is 549 g/mol. The molecule has 0 aromatic heterocycles. The standard InChI is InChI=1S/C34H32N2O3S/c1-3-39-29-17-13-25(14-18-29)19-20-35-33(37)28-15-11-26(12-16-28)22-32-34(38)36(23-27-8-6-7-24(2)21-27)30-9-4-5-10-31(30)40-32/h4-18,21-22H,3,19-20,23H2,1-2H3,(H,35,37). The van der Waals surface area contributed by atoms with Crippen molar-refractivity contribution in [2.45, 2.75) is 31.7 Å². The van der Waals surface area contributed by atoms with E-state index >= 15 is 0 Å². The van der Waals surface area contributed by atoms with Gasteiger partial charge in [-0.25, -0.2) is 0 Å². The van der Waals surface area contributed by atoms with E-state index in [4.69, 9.17) is 4.74 Å². The van der Waals surface area contributed by atoms with Crippen molar-refractivity contribution in [1.29, 1.82) is 0 Å². The van der Waals surface area contributed by atoms with E-state index in [0.29, 0.717) is 30.2 Å². The van der Waals surface area contributed by atoms with Crippen LogP contribution in [0.2, 0.25) is 0 Å². The van der Waals surface area contributed by atoms with Crippen LogP contribution in [0, 0.1) is 6.92 Å². The van der Waals surface area contributed by atoms with Crippen molar-refractivity contribution in [2.24, 2.45) is 0 Å². The molecule has 1 N–H and O–H groups in total. The van der Waals surface area contributed by atoms with Gasteiger partial charge in [0.05, 0.1) is 23.7 Å². The highest BCUT2D eigenvalue weighted by Gasteiger charge is 2.29. The Labute approximate surface area is 239 Å². The third kappa shape index (κ3) is 6.64. The molecule has 0 radical (unpaired) electrons. The van der Waals surface area contributed by atoms with Gasteiger partial charge in [0.1, 0.15) is 5.75 Å². The Balaban J connectivity index is 1.25. The molecule has 0 bridgehead atoms. The lowest BCUT2D eigenvalue weighted by atomic mass is 10.1. The van der Waals surface area contributed by atoms with Gasteiger partial charge in [-0.2, -0.15) is 0 Å². The summed E-state index contributed by atoms with van der Waals surface area (Å²) in [4.78, 5) is 29.8. The number of nitrogens with one attached hydrogen (secondary N) is 1. The molecule has 5 rings (SSSR count). The Hall–Kier alpha value is -4.29. The molecule has 4 aromatic rings. The Kier molecular flexibility index (Phi) is 8.67. The molecule has 202 valence electrons. The topological polar surface area (TPSA) is 58.6 Å². The van der Waals surface area contributed by atoms with E-state index < -0.39 is 0 Å². The molecule has 6 heteroatoms. The molecule has 0 aliphatic carbocycles. The highest BCUT2D eigenvalue weighted by molar-refractivity contribution is 8.04. The molecule has 1 heterocycles. The van der Waals surface area contributed by atoms with Crippen LogP contribution in [0.15, 0.2) is 107 Å². The highest BCUT2D eigenvalue weighted by Crippen LogP contribution is 2.42. The number of hydrogen-bond acceptors (Lipinski definition) is 4. The number of ether oxygens (including phenoxy) is 1. The van der Waals surface area contributed by atoms with Crippen molar-refractivity contribution in [3.8, 4) is 5.75 Å². The van der Waals surface area contributed by atoms with E-state index in [0.717, 1.165) is 39.4 Å². The number of anilines is 1. The van der Waals surface area contributed by atoms with E-state index in [9.17, 15) is 9.59 Å². The van der Waals surface area contributed by atoms with Gasteiger partial charge in [0.25, 0.3) is 11.8 Å². The van der Waals surface area contributed by atoms with Crippen molar-refractivity contribution in [1.82, 2.24) is 5.32 Å². The van der Waals surface area contributed by atoms with Crippen molar-refractivity contribution >= 4 is 35.3 Å². The maximum atomic E-state index is 13.6. The molecule has 5 nitrogen and oxygen atoms in total. The Morgan fingerprint density at radius 3 is 2.45 bits per heavy atom. The molecule has 0 fully saturated rings. The predicted molar refractivity (Wildman–Crippen MR) is 163 cm³/mol. The number of nitrogens with zero attached hydrogens (tertiary/aromatic N) is 1. The summed E-state index contributed by atoms with van der Waals surface area (Å²) in [5.74, 6) is 0.703. The van der Waals surface area contributed by atoms with Crippen LogP contribution in [-0.2, 0) is 17.8 Å². The fraction of sp³-hybridized carbons (Fsp3) is 0.176. The Morgan fingerprint density at radius 1 is 0.925 bits per heavy atom. The molecule has 1 aliphatic rings. The van der Waals surface area contributed by atoms with Crippen LogP contribution in [0.5, 0.6) is 5.75 Å².